The first kappa shape index (κ1) is 19.3. The molecule has 0 aromatic carbocycles. The summed E-state index contributed by atoms with van der Waals surface area (Å²) in [5, 5.41) is 0. The summed E-state index contributed by atoms with van der Waals surface area (Å²) in [5.41, 5.74) is 0.784. The fraction of sp³-hybridized carbons (Fsp3) is 0.800. The van der Waals surface area contributed by atoms with Crippen molar-refractivity contribution in [2.45, 2.75) is 62.3 Å². The third-order valence-corrected chi connectivity index (χ3v) is 9.75. The molecular weight excluding hydrogens is 406 g/mol. The first-order valence-corrected chi connectivity index (χ1v) is 11.8. The quantitative estimate of drug-likeness (QED) is 0.602. The summed E-state index contributed by atoms with van der Waals surface area (Å²) in [7, 11) is 1.42. The van der Waals surface area contributed by atoms with Crippen LogP contribution in [0.5, 0.6) is 0 Å². The maximum atomic E-state index is 12.5. The number of rotatable bonds is 1. The Hall–Kier alpha value is -0.0749. The number of allylic oxidation sites excluding steroid dienone is 1. The van der Waals surface area contributed by atoms with Crippen LogP contribution in [0.3, 0.4) is 0 Å². The molecule has 2 saturated heterocycles. The average molecular weight is 429 g/mol. The molecule has 0 aliphatic carbocycles. The molecule has 2 radical (unpaired) electrons. The summed E-state index contributed by atoms with van der Waals surface area (Å²) in [6.45, 7) is 9.26. The van der Waals surface area contributed by atoms with Gasteiger partial charge in [-0.3, -0.25) is 0 Å². The van der Waals surface area contributed by atoms with E-state index in [1.807, 2.05) is 34.6 Å². The van der Waals surface area contributed by atoms with Crippen LogP contribution in [0, 0.1) is 0 Å². The van der Waals surface area contributed by atoms with E-state index in [2.05, 4.69) is 0 Å². The van der Waals surface area contributed by atoms with E-state index in [1.54, 1.807) is 0 Å². The molecule has 126 valence electrons. The van der Waals surface area contributed by atoms with Gasteiger partial charge >= 0.3 is 100 Å². The molecule has 2 fully saturated rings. The van der Waals surface area contributed by atoms with Crippen LogP contribution < -0.4 is 0 Å². The molecule has 0 unspecified atom stereocenters. The molecule has 4 nitrogen and oxygen atoms in total. The molecule has 0 bridgehead atoms. The van der Waals surface area contributed by atoms with Gasteiger partial charge in [-0.1, -0.05) is 0 Å². The Morgan fingerprint density at radius 1 is 1.17 bits per heavy atom. The third-order valence-electron chi connectivity index (χ3n) is 4.82. The van der Waals surface area contributed by atoms with E-state index in [4.69, 9.17) is 9.31 Å². The maximum absolute atomic E-state index is 12.5. The Labute approximate surface area is 148 Å². The topological polar surface area (TPSA) is 38.8 Å². The Morgan fingerprint density at radius 3 is 2.00 bits per heavy atom. The number of hydrogen-bond acceptors (Lipinski definition) is 3. The van der Waals surface area contributed by atoms with Crippen molar-refractivity contribution >= 4 is 36.5 Å². The Kier molecular flexibility index (Phi) is 5.59. The number of hydrogen-bond donors (Lipinski definition) is 0. The molecule has 0 N–H and O–H groups in total. The molecule has 3 aliphatic rings. The van der Waals surface area contributed by atoms with Crippen molar-refractivity contribution in [1.82, 2.24) is 4.90 Å². The van der Waals surface area contributed by atoms with Crippen molar-refractivity contribution in [2.75, 3.05) is 13.1 Å². The van der Waals surface area contributed by atoms with Crippen LogP contribution >= 0.6 is 0 Å². The predicted octanol–water partition coefficient (Wildman–Crippen LogP) is 2.39. The first-order valence-electron chi connectivity index (χ1n) is 7.83. The zero-order chi connectivity index (χ0) is 17.5. The van der Waals surface area contributed by atoms with Crippen LogP contribution in [0.4, 0.5) is 8.78 Å². The molecule has 0 aromatic rings. The van der Waals surface area contributed by atoms with Crippen molar-refractivity contribution in [3.8, 4) is 0 Å². The van der Waals surface area contributed by atoms with Crippen LogP contribution in [0.1, 0.15) is 41.0 Å². The van der Waals surface area contributed by atoms with Crippen molar-refractivity contribution in [2.24, 2.45) is 0 Å². The van der Waals surface area contributed by atoms with E-state index >= 15 is 0 Å². The SMILES string of the molecule is CC1(C)O[B]OC1(C)C.CC1=[C](C(=O)N2CC(F)(F)C2)[In][CH2]C1. The van der Waals surface area contributed by atoms with Crippen molar-refractivity contribution in [1.29, 1.82) is 0 Å². The van der Waals surface area contributed by atoms with Crippen molar-refractivity contribution in [3.05, 3.63) is 8.90 Å². The predicted molar refractivity (Wildman–Crippen MR) is 85.5 cm³/mol. The third kappa shape index (κ3) is 4.31. The van der Waals surface area contributed by atoms with E-state index in [1.165, 1.54) is 16.8 Å². The number of likely N-dealkylation sites (tertiary alicyclic amines) is 1. The van der Waals surface area contributed by atoms with Gasteiger partial charge in [0.25, 0.3) is 0 Å². The number of carbonyl (C=O) groups excluding carboxylic acids is 1. The number of nitrogens with zero attached hydrogens (tertiary/aromatic N) is 1. The summed E-state index contributed by atoms with van der Waals surface area (Å²) >= 11 is -0.892. The van der Waals surface area contributed by atoms with E-state index in [9.17, 15) is 13.6 Å². The second kappa shape index (κ2) is 6.67. The Bertz CT molecular complexity index is 501. The van der Waals surface area contributed by atoms with Crippen molar-refractivity contribution in [3.63, 3.8) is 0 Å². The van der Waals surface area contributed by atoms with Crippen molar-refractivity contribution < 1.29 is 22.9 Å². The van der Waals surface area contributed by atoms with Crippen LogP contribution in [-0.2, 0) is 14.1 Å². The average Bonchev–Trinajstić information content (AvgIpc) is 2.90. The van der Waals surface area contributed by atoms with Crippen LogP contribution in [0.25, 0.3) is 0 Å². The molecule has 8 heteroatoms. The second-order valence-electron chi connectivity index (χ2n) is 7.31. The fourth-order valence-corrected chi connectivity index (χ4v) is 7.28. The van der Waals surface area contributed by atoms with Gasteiger partial charge in [-0.15, -0.1) is 0 Å². The molecule has 3 heterocycles. The molecule has 0 saturated carbocycles. The number of alkyl halides is 2. The van der Waals surface area contributed by atoms with E-state index in [0.717, 1.165) is 15.3 Å². The summed E-state index contributed by atoms with van der Waals surface area (Å²) in [6, 6.07) is 0. The van der Waals surface area contributed by atoms with Gasteiger partial charge in [0.2, 0.25) is 0 Å². The van der Waals surface area contributed by atoms with Crippen LogP contribution in [0.2, 0.25) is 4.18 Å². The molecule has 0 spiro atoms. The molecule has 0 aromatic heterocycles. The molecule has 0 atom stereocenters. The second-order valence-corrected chi connectivity index (χ2v) is 11.8. The number of carbonyl (C=O) groups is 1. The van der Waals surface area contributed by atoms with Gasteiger partial charge in [-0.25, -0.2) is 0 Å². The van der Waals surface area contributed by atoms with Gasteiger partial charge in [-0.05, 0) is 27.7 Å². The molecule has 23 heavy (non-hydrogen) atoms. The van der Waals surface area contributed by atoms with Gasteiger partial charge in [0.1, 0.15) is 0 Å². The zero-order valence-electron chi connectivity index (χ0n) is 14.4. The minimum atomic E-state index is -2.63. The first-order chi connectivity index (χ1) is 10.5. The Balaban J connectivity index is 0.000000185. The number of amides is 1. The molecule has 3 rings (SSSR count). The Morgan fingerprint density at radius 2 is 1.70 bits per heavy atom. The normalized spacial score (nSPS) is 26.7. The number of halogens is 2. The van der Waals surface area contributed by atoms with Crippen LogP contribution in [0.15, 0.2) is 8.90 Å². The van der Waals surface area contributed by atoms with Gasteiger partial charge in [0.05, 0.1) is 11.2 Å². The summed E-state index contributed by atoms with van der Waals surface area (Å²) in [4.78, 5) is 13.0. The molecule has 1 amide bonds. The summed E-state index contributed by atoms with van der Waals surface area (Å²) in [5.74, 6) is -2.72. The monoisotopic (exact) mass is 429 g/mol. The fourth-order valence-electron chi connectivity index (χ4n) is 2.39. The van der Waals surface area contributed by atoms with E-state index in [0.29, 0.717) is 0 Å². The standard InChI is InChI=1S/C9H11F2NO.C6H12BO2.In/c1-3-7(2)4-8(13)12-5-9(10,11)6-12;1-5(2)6(3,4)9-7-8-5;/h1,3,5-6H2,2H3;1-4H3;. The molecule has 3 aliphatic heterocycles. The van der Waals surface area contributed by atoms with E-state index < -0.39 is 28.8 Å². The van der Waals surface area contributed by atoms with Gasteiger partial charge in [-0.2, -0.15) is 0 Å². The molecular formula is C15H23BF2InNO3. The van der Waals surface area contributed by atoms with Gasteiger partial charge in [0.15, 0.2) is 0 Å². The van der Waals surface area contributed by atoms with E-state index in [-0.39, 0.29) is 30.2 Å². The minimum absolute atomic E-state index is 0.0906. The summed E-state index contributed by atoms with van der Waals surface area (Å²) in [6.07, 6.45) is 1.02. The van der Waals surface area contributed by atoms with Gasteiger partial charge in [0, 0.05) is 0 Å². The van der Waals surface area contributed by atoms with Crippen LogP contribution in [-0.4, -0.2) is 71.6 Å². The summed E-state index contributed by atoms with van der Waals surface area (Å²) < 4.78 is 37.6. The van der Waals surface area contributed by atoms with Gasteiger partial charge < -0.3 is 9.31 Å². The zero-order valence-corrected chi connectivity index (χ0v) is 17.7.